The third kappa shape index (κ3) is 4.44. The Kier molecular flexibility index (Phi) is 5.95. The quantitative estimate of drug-likeness (QED) is 0.439. The molecular formula is C19H14Cl2N4O4. The van der Waals surface area contributed by atoms with Crippen molar-refractivity contribution in [3.63, 3.8) is 0 Å². The van der Waals surface area contributed by atoms with Crippen molar-refractivity contribution in [1.82, 2.24) is 10.7 Å². The van der Waals surface area contributed by atoms with Crippen LogP contribution in [0.3, 0.4) is 0 Å². The molecular weight excluding hydrogens is 419 g/mol. The van der Waals surface area contributed by atoms with Gasteiger partial charge in [-0.05, 0) is 42.8 Å². The van der Waals surface area contributed by atoms with Gasteiger partial charge >= 0.3 is 6.03 Å². The summed E-state index contributed by atoms with van der Waals surface area (Å²) < 4.78 is 0. The summed E-state index contributed by atoms with van der Waals surface area (Å²) in [6.45, 7) is 1.80. The number of nitrogens with zero attached hydrogens (tertiary/aromatic N) is 2. The van der Waals surface area contributed by atoms with E-state index >= 15 is 0 Å². The van der Waals surface area contributed by atoms with Gasteiger partial charge in [0, 0.05) is 11.2 Å². The van der Waals surface area contributed by atoms with E-state index in [2.05, 4.69) is 15.8 Å². The SMILES string of the molecule is Cc1cccc(N2C(=O)NC(=O)[C@@H](/C=N\NC(=O)c3ccc(Cl)cc3Cl)C2=O)c1. The Morgan fingerprint density at radius 3 is 2.62 bits per heavy atom. The van der Waals surface area contributed by atoms with Crippen molar-refractivity contribution in [2.75, 3.05) is 4.90 Å². The Balaban J connectivity index is 1.77. The molecule has 0 bridgehead atoms. The second-order valence-electron chi connectivity index (χ2n) is 6.13. The molecule has 29 heavy (non-hydrogen) atoms. The van der Waals surface area contributed by atoms with Crippen LogP contribution in [0, 0.1) is 12.8 Å². The maximum Gasteiger partial charge on any atom is 0.335 e. The average Bonchev–Trinajstić information content (AvgIpc) is 2.64. The van der Waals surface area contributed by atoms with Crippen LogP contribution >= 0.6 is 23.2 Å². The zero-order valence-electron chi connectivity index (χ0n) is 15.0. The smallest absolute Gasteiger partial charge is 0.276 e. The number of benzene rings is 2. The van der Waals surface area contributed by atoms with E-state index in [4.69, 9.17) is 23.2 Å². The molecule has 2 N–H and O–H groups in total. The molecule has 5 amide bonds. The van der Waals surface area contributed by atoms with Crippen LogP contribution in [-0.4, -0.2) is 30.0 Å². The number of hydrazone groups is 1. The lowest BCUT2D eigenvalue weighted by Gasteiger charge is -2.28. The fourth-order valence-corrected chi connectivity index (χ4v) is 3.13. The largest absolute Gasteiger partial charge is 0.335 e. The number of imide groups is 2. The fourth-order valence-electron chi connectivity index (χ4n) is 2.64. The molecule has 1 atom stereocenters. The second kappa shape index (κ2) is 8.42. The lowest BCUT2D eigenvalue weighted by molar-refractivity contribution is -0.131. The second-order valence-corrected chi connectivity index (χ2v) is 6.97. The number of aryl methyl sites for hydroxylation is 1. The first kappa shape index (κ1) is 20.5. The number of halogens is 2. The molecule has 2 aromatic carbocycles. The molecule has 3 rings (SSSR count). The number of hydrogen-bond donors (Lipinski definition) is 2. The van der Waals surface area contributed by atoms with E-state index in [0.717, 1.165) is 16.7 Å². The van der Waals surface area contributed by atoms with Gasteiger partial charge in [0.1, 0.15) is 0 Å². The Labute approximate surface area is 175 Å². The maximum atomic E-state index is 12.7. The van der Waals surface area contributed by atoms with Gasteiger partial charge in [-0.1, -0.05) is 35.3 Å². The molecule has 10 heteroatoms. The summed E-state index contributed by atoms with van der Waals surface area (Å²) in [6, 6.07) is 10.1. The third-order valence-corrected chi connectivity index (χ3v) is 4.58. The molecule has 0 aliphatic carbocycles. The molecule has 0 aromatic heterocycles. The number of nitrogens with one attached hydrogen (secondary N) is 2. The summed E-state index contributed by atoms with van der Waals surface area (Å²) in [4.78, 5) is 49.9. The van der Waals surface area contributed by atoms with Crippen molar-refractivity contribution in [3.05, 3.63) is 63.6 Å². The number of carbonyl (C=O) groups is 4. The predicted molar refractivity (Wildman–Crippen MR) is 108 cm³/mol. The van der Waals surface area contributed by atoms with Gasteiger partial charge in [-0.15, -0.1) is 0 Å². The molecule has 1 aliphatic rings. The van der Waals surface area contributed by atoms with E-state index in [1.54, 1.807) is 31.2 Å². The summed E-state index contributed by atoms with van der Waals surface area (Å²) in [6.07, 6.45) is 0.953. The van der Waals surface area contributed by atoms with Gasteiger partial charge < -0.3 is 0 Å². The number of urea groups is 1. The van der Waals surface area contributed by atoms with Crippen LogP contribution in [0.2, 0.25) is 10.0 Å². The number of carbonyl (C=O) groups excluding carboxylic acids is 4. The van der Waals surface area contributed by atoms with Crippen LogP contribution < -0.4 is 15.6 Å². The molecule has 1 saturated heterocycles. The molecule has 0 unspecified atom stereocenters. The highest BCUT2D eigenvalue weighted by Crippen LogP contribution is 2.22. The molecule has 0 saturated carbocycles. The maximum absolute atomic E-state index is 12.7. The van der Waals surface area contributed by atoms with E-state index in [1.807, 2.05) is 0 Å². The lowest BCUT2D eigenvalue weighted by Crippen LogP contribution is -2.58. The fraction of sp³-hybridized carbons (Fsp3) is 0.105. The summed E-state index contributed by atoms with van der Waals surface area (Å²) >= 11 is 11.7. The zero-order valence-corrected chi connectivity index (χ0v) is 16.5. The van der Waals surface area contributed by atoms with Crippen molar-refractivity contribution in [1.29, 1.82) is 0 Å². The highest BCUT2D eigenvalue weighted by atomic mass is 35.5. The van der Waals surface area contributed by atoms with E-state index in [1.165, 1.54) is 18.2 Å². The van der Waals surface area contributed by atoms with Crippen LogP contribution in [0.5, 0.6) is 0 Å². The number of amides is 5. The Morgan fingerprint density at radius 1 is 1.17 bits per heavy atom. The first-order chi connectivity index (χ1) is 13.8. The van der Waals surface area contributed by atoms with Crippen molar-refractivity contribution in [3.8, 4) is 0 Å². The van der Waals surface area contributed by atoms with E-state index < -0.39 is 29.7 Å². The molecule has 8 nitrogen and oxygen atoms in total. The van der Waals surface area contributed by atoms with Crippen LogP contribution in [0.15, 0.2) is 47.6 Å². The minimum absolute atomic E-state index is 0.115. The summed E-state index contributed by atoms with van der Waals surface area (Å²) in [7, 11) is 0. The van der Waals surface area contributed by atoms with Crippen LogP contribution in [0.25, 0.3) is 0 Å². The van der Waals surface area contributed by atoms with Gasteiger partial charge in [-0.2, -0.15) is 5.10 Å². The molecule has 0 radical (unpaired) electrons. The molecule has 0 spiro atoms. The van der Waals surface area contributed by atoms with E-state index in [0.29, 0.717) is 10.7 Å². The van der Waals surface area contributed by atoms with Gasteiger partial charge in [0.2, 0.25) is 5.91 Å². The van der Waals surface area contributed by atoms with Crippen LogP contribution in [0.4, 0.5) is 10.5 Å². The lowest BCUT2D eigenvalue weighted by atomic mass is 10.1. The topological polar surface area (TPSA) is 108 Å². The van der Waals surface area contributed by atoms with Crippen LogP contribution in [-0.2, 0) is 9.59 Å². The molecule has 1 fully saturated rings. The predicted octanol–water partition coefficient (Wildman–Crippen LogP) is 2.92. The Bertz CT molecular complexity index is 1050. The van der Waals surface area contributed by atoms with Gasteiger partial charge in [-0.25, -0.2) is 15.1 Å². The molecule has 148 valence electrons. The number of barbiturate groups is 1. The summed E-state index contributed by atoms with van der Waals surface area (Å²) in [5, 5.41) is 6.25. The Morgan fingerprint density at radius 2 is 1.93 bits per heavy atom. The molecule has 2 aromatic rings. The van der Waals surface area contributed by atoms with E-state index in [-0.39, 0.29) is 10.6 Å². The van der Waals surface area contributed by atoms with Crippen molar-refractivity contribution < 1.29 is 19.2 Å². The Hall–Kier alpha value is -3.23. The summed E-state index contributed by atoms with van der Waals surface area (Å²) in [5.74, 6) is -3.68. The zero-order chi connectivity index (χ0) is 21.1. The number of anilines is 1. The molecule has 1 heterocycles. The van der Waals surface area contributed by atoms with Gasteiger partial charge in [-0.3, -0.25) is 19.7 Å². The molecule has 1 aliphatic heterocycles. The van der Waals surface area contributed by atoms with Crippen LogP contribution in [0.1, 0.15) is 15.9 Å². The van der Waals surface area contributed by atoms with E-state index in [9.17, 15) is 19.2 Å². The third-order valence-electron chi connectivity index (χ3n) is 4.03. The number of rotatable bonds is 4. The first-order valence-electron chi connectivity index (χ1n) is 8.32. The first-order valence-corrected chi connectivity index (χ1v) is 9.07. The standard InChI is InChI=1S/C19H14Cl2N4O4/c1-10-3-2-4-12(7-10)25-18(28)14(16(26)23-19(25)29)9-22-24-17(27)13-6-5-11(20)8-15(13)21/h2-9,14H,1H3,(H,24,27)(H,23,26,29)/b22-9-/t14-/m1/s1. The van der Waals surface area contributed by atoms with Gasteiger partial charge in [0.15, 0.2) is 5.92 Å². The average molecular weight is 433 g/mol. The minimum Gasteiger partial charge on any atom is -0.276 e. The minimum atomic E-state index is -1.39. The van der Waals surface area contributed by atoms with Crippen molar-refractivity contribution >= 4 is 58.9 Å². The van der Waals surface area contributed by atoms with Crippen molar-refractivity contribution in [2.24, 2.45) is 11.0 Å². The van der Waals surface area contributed by atoms with Gasteiger partial charge in [0.25, 0.3) is 11.8 Å². The normalized spacial score (nSPS) is 16.9. The highest BCUT2D eigenvalue weighted by molar-refractivity contribution is 6.37. The highest BCUT2D eigenvalue weighted by Gasteiger charge is 2.40. The van der Waals surface area contributed by atoms with Crippen molar-refractivity contribution in [2.45, 2.75) is 6.92 Å². The monoisotopic (exact) mass is 432 g/mol. The summed E-state index contributed by atoms with van der Waals surface area (Å²) in [5.41, 5.74) is 3.45. The number of hydrogen-bond acceptors (Lipinski definition) is 5. The van der Waals surface area contributed by atoms with Gasteiger partial charge in [0.05, 0.1) is 16.3 Å².